The lowest BCUT2D eigenvalue weighted by Gasteiger charge is -2.18. The molecule has 29 heavy (non-hydrogen) atoms. The van der Waals surface area contributed by atoms with Gasteiger partial charge in [0.1, 0.15) is 17.3 Å². The van der Waals surface area contributed by atoms with Gasteiger partial charge in [-0.15, -0.1) is 0 Å². The number of hydrogen-bond acceptors (Lipinski definition) is 6. The Morgan fingerprint density at radius 2 is 2.17 bits per heavy atom. The van der Waals surface area contributed by atoms with E-state index in [9.17, 15) is 9.90 Å². The second kappa shape index (κ2) is 7.17. The first-order chi connectivity index (χ1) is 13.9. The Labute approximate surface area is 167 Å². The SMILES string of the molecule is CNc1nc2[nH]c(-c3cccc(CN(C)C(=O)C(C)O)n3)cc2c2c1ncn2C. The van der Waals surface area contributed by atoms with Crippen molar-refractivity contribution in [2.45, 2.75) is 19.6 Å². The minimum atomic E-state index is -1.04. The fourth-order valence-electron chi connectivity index (χ4n) is 3.47. The first-order valence-corrected chi connectivity index (χ1v) is 9.30. The highest BCUT2D eigenvalue weighted by Crippen LogP contribution is 2.31. The van der Waals surface area contributed by atoms with Crippen LogP contribution >= 0.6 is 0 Å². The molecule has 150 valence electrons. The molecule has 1 unspecified atom stereocenters. The zero-order valence-corrected chi connectivity index (χ0v) is 16.8. The van der Waals surface area contributed by atoms with Crippen molar-refractivity contribution < 1.29 is 9.90 Å². The van der Waals surface area contributed by atoms with Crippen molar-refractivity contribution in [2.75, 3.05) is 19.4 Å². The number of aliphatic hydroxyl groups is 1. The summed E-state index contributed by atoms with van der Waals surface area (Å²) in [7, 11) is 5.42. The van der Waals surface area contributed by atoms with Crippen molar-refractivity contribution >= 4 is 33.8 Å². The van der Waals surface area contributed by atoms with Crippen LogP contribution in [0.25, 0.3) is 33.5 Å². The summed E-state index contributed by atoms with van der Waals surface area (Å²) in [6.45, 7) is 1.77. The van der Waals surface area contributed by atoms with E-state index in [1.54, 1.807) is 13.4 Å². The molecule has 0 aliphatic rings. The largest absolute Gasteiger partial charge is 0.384 e. The molecule has 0 aliphatic heterocycles. The molecule has 3 N–H and O–H groups in total. The molecule has 0 aromatic carbocycles. The number of nitrogens with zero attached hydrogens (tertiary/aromatic N) is 5. The van der Waals surface area contributed by atoms with Gasteiger partial charge < -0.3 is 24.9 Å². The maximum absolute atomic E-state index is 11.9. The van der Waals surface area contributed by atoms with Crippen molar-refractivity contribution in [3.8, 4) is 11.4 Å². The van der Waals surface area contributed by atoms with E-state index in [0.717, 1.165) is 39.1 Å². The van der Waals surface area contributed by atoms with Gasteiger partial charge in [-0.3, -0.25) is 4.79 Å². The van der Waals surface area contributed by atoms with Crippen LogP contribution in [0.2, 0.25) is 0 Å². The van der Waals surface area contributed by atoms with E-state index in [-0.39, 0.29) is 5.91 Å². The lowest BCUT2D eigenvalue weighted by Crippen LogP contribution is -2.34. The van der Waals surface area contributed by atoms with Gasteiger partial charge in [-0.25, -0.2) is 15.0 Å². The van der Waals surface area contributed by atoms with Crippen molar-refractivity contribution in [3.63, 3.8) is 0 Å². The Morgan fingerprint density at radius 3 is 2.90 bits per heavy atom. The summed E-state index contributed by atoms with van der Waals surface area (Å²) in [6.07, 6.45) is 0.735. The molecule has 9 heteroatoms. The van der Waals surface area contributed by atoms with E-state index in [1.807, 2.05) is 42.9 Å². The van der Waals surface area contributed by atoms with Gasteiger partial charge in [0, 0.05) is 26.5 Å². The van der Waals surface area contributed by atoms with E-state index >= 15 is 0 Å². The number of fused-ring (bicyclic) bond motifs is 3. The molecule has 0 fully saturated rings. The van der Waals surface area contributed by atoms with Crippen LogP contribution in [0.1, 0.15) is 12.6 Å². The summed E-state index contributed by atoms with van der Waals surface area (Å²) < 4.78 is 1.97. The number of hydrogen-bond donors (Lipinski definition) is 3. The predicted octanol–water partition coefficient (Wildman–Crippen LogP) is 1.89. The number of anilines is 1. The number of carbonyl (C=O) groups excluding carboxylic acids is 1. The molecule has 4 rings (SSSR count). The molecule has 0 radical (unpaired) electrons. The molecular formula is C20H23N7O2. The lowest BCUT2D eigenvalue weighted by atomic mass is 10.2. The Hall–Kier alpha value is -3.46. The summed E-state index contributed by atoms with van der Waals surface area (Å²) in [5, 5.41) is 13.5. The number of aliphatic hydroxyl groups excluding tert-OH is 1. The fourth-order valence-corrected chi connectivity index (χ4v) is 3.47. The van der Waals surface area contributed by atoms with Crippen LogP contribution in [0.3, 0.4) is 0 Å². The highest BCUT2D eigenvalue weighted by atomic mass is 16.3. The van der Waals surface area contributed by atoms with E-state index in [4.69, 9.17) is 0 Å². The molecule has 0 spiro atoms. The van der Waals surface area contributed by atoms with Gasteiger partial charge >= 0.3 is 0 Å². The number of aromatic amines is 1. The van der Waals surface area contributed by atoms with Crippen molar-refractivity contribution in [3.05, 3.63) is 36.3 Å². The summed E-state index contributed by atoms with van der Waals surface area (Å²) in [6, 6.07) is 7.68. The van der Waals surface area contributed by atoms with Gasteiger partial charge in [0.25, 0.3) is 5.91 Å². The first-order valence-electron chi connectivity index (χ1n) is 9.30. The maximum Gasteiger partial charge on any atom is 0.251 e. The number of imidazole rings is 1. The molecule has 0 aliphatic carbocycles. The van der Waals surface area contributed by atoms with Crippen LogP contribution in [0.5, 0.6) is 0 Å². The lowest BCUT2D eigenvalue weighted by molar-refractivity contribution is -0.138. The van der Waals surface area contributed by atoms with Gasteiger partial charge in [0.15, 0.2) is 5.82 Å². The number of amides is 1. The van der Waals surface area contributed by atoms with E-state index in [0.29, 0.717) is 12.4 Å². The number of pyridine rings is 2. The highest BCUT2D eigenvalue weighted by Gasteiger charge is 2.17. The fraction of sp³-hybridized carbons (Fsp3) is 0.300. The van der Waals surface area contributed by atoms with Crippen LogP contribution in [0.4, 0.5) is 5.82 Å². The van der Waals surface area contributed by atoms with Crippen molar-refractivity contribution in [1.82, 2.24) is 29.4 Å². The molecule has 0 saturated heterocycles. The Balaban J connectivity index is 1.75. The van der Waals surface area contributed by atoms with Gasteiger partial charge in [-0.1, -0.05) is 6.07 Å². The van der Waals surface area contributed by atoms with E-state index < -0.39 is 6.10 Å². The van der Waals surface area contributed by atoms with Crippen LogP contribution in [0.15, 0.2) is 30.6 Å². The normalized spacial score (nSPS) is 12.4. The third-order valence-corrected chi connectivity index (χ3v) is 4.89. The van der Waals surface area contributed by atoms with E-state index in [2.05, 4.69) is 25.3 Å². The zero-order valence-electron chi connectivity index (χ0n) is 16.8. The topological polar surface area (TPSA) is 112 Å². The third kappa shape index (κ3) is 3.29. The summed E-state index contributed by atoms with van der Waals surface area (Å²) in [5.41, 5.74) is 4.85. The molecule has 4 aromatic rings. The third-order valence-electron chi connectivity index (χ3n) is 4.89. The Morgan fingerprint density at radius 1 is 1.38 bits per heavy atom. The van der Waals surface area contributed by atoms with Crippen LogP contribution in [-0.4, -0.2) is 60.6 Å². The van der Waals surface area contributed by atoms with Crippen molar-refractivity contribution in [2.24, 2.45) is 7.05 Å². The maximum atomic E-state index is 11.9. The van der Waals surface area contributed by atoms with Crippen LogP contribution in [-0.2, 0) is 18.4 Å². The molecule has 1 atom stereocenters. The Kier molecular flexibility index (Phi) is 4.67. The molecule has 1 amide bonds. The molecule has 9 nitrogen and oxygen atoms in total. The quantitative estimate of drug-likeness (QED) is 0.477. The number of aryl methyl sites for hydroxylation is 1. The standard InChI is InChI=1S/C20H23N7O2/c1-11(28)20(29)26(3)9-12-6-5-7-14(23-12)15-8-13-17-16(22-10-27(17)4)19(21-2)25-18(13)24-15/h5-8,10-11,28H,9H2,1-4H3,(H2,21,24,25). The number of H-pyrrole nitrogens is 1. The average molecular weight is 393 g/mol. The summed E-state index contributed by atoms with van der Waals surface area (Å²) >= 11 is 0. The van der Waals surface area contributed by atoms with Gasteiger partial charge in [-0.2, -0.15) is 0 Å². The van der Waals surface area contributed by atoms with Crippen molar-refractivity contribution in [1.29, 1.82) is 0 Å². The number of likely N-dealkylation sites (N-methyl/N-ethyl adjacent to an activating group) is 1. The molecule has 0 saturated carbocycles. The molecule has 0 bridgehead atoms. The summed E-state index contributed by atoms with van der Waals surface area (Å²) in [4.78, 5) is 30.5. The second-order valence-corrected chi connectivity index (χ2v) is 7.09. The molecular weight excluding hydrogens is 370 g/mol. The number of rotatable bonds is 5. The zero-order chi connectivity index (χ0) is 20.7. The minimum absolute atomic E-state index is 0.311. The Bertz CT molecular complexity index is 1210. The smallest absolute Gasteiger partial charge is 0.251 e. The highest BCUT2D eigenvalue weighted by molar-refractivity contribution is 6.07. The van der Waals surface area contributed by atoms with Gasteiger partial charge in [0.05, 0.1) is 35.5 Å². The second-order valence-electron chi connectivity index (χ2n) is 7.09. The van der Waals surface area contributed by atoms with E-state index in [1.165, 1.54) is 11.8 Å². The number of carbonyl (C=O) groups is 1. The first kappa shape index (κ1) is 18.9. The minimum Gasteiger partial charge on any atom is -0.384 e. The number of nitrogens with one attached hydrogen (secondary N) is 2. The predicted molar refractivity (Wildman–Crippen MR) is 111 cm³/mol. The number of aromatic nitrogens is 5. The van der Waals surface area contributed by atoms with Gasteiger partial charge in [0.2, 0.25) is 0 Å². The molecule has 4 aromatic heterocycles. The summed E-state index contributed by atoms with van der Waals surface area (Å²) in [5.74, 6) is 0.367. The molecule has 4 heterocycles. The van der Waals surface area contributed by atoms with Crippen LogP contribution in [0, 0.1) is 0 Å². The van der Waals surface area contributed by atoms with Gasteiger partial charge in [-0.05, 0) is 25.1 Å². The average Bonchev–Trinajstić information content (AvgIpc) is 3.30. The van der Waals surface area contributed by atoms with Crippen LogP contribution < -0.4 is 5.32 Å². The monoisotopic (exact) mass is 393 g/mol.